The molecule has 1 aliphatic carbocycles. The molecule has 4 rings (SSSR count). The molecule has 0 amide bonds. The van der Waals surface area contributed by atoms with Crippen molar-refractivity contribution in [3.8, 4) is 5.75 Å². The van der Waals surface area contributed by atoms with Crippen molar-refractivity contribution in [1.29, 1.82) is 0 Å². The van der Waals surface area contributed by atoms with Gasteiger partial charge in [0.25, 0.3) is 0 Å². The van der Waals surface area contributed by atoms with Gasteiger partial charge < -0.3 is 9.30 Å². The molecule has 1 aromatic heterocycles. The SMILES string of the molecule is Cn1c(COc2ccc(Cl)cc2)c(C(=O)CCC2CCCCC2)c2ccccc21. The van der Waals surface area contributed by atoms with Crippen molar-refractivity contribution in [1.82, 2.24) is 4.57 Å². The topological polar surface area (TPSA) is 31.2 Å². The van der Waals surface area contributed by atoms with E-state index < -0.39 is 0 Å². The summed E-state index contributed by atoms with van der Waals surface area (Å²) in [6, 6.07) is 15.5. The third-order valence-electron chi connectivity index (χ3n) is 6.20. The third kappa shape index (κ3) is 4.51. The third-order valence-corrected chi connectivity index (χ3v) is 6.45. The van der Waals surface area contributed by atoms with Gasteiger partial charge in [0, 0.05) is 35.0 Å². The molecule has 0 N–H and O–H groups in total. The van der Waals surface area contributed by atoms with Gasteiger partial charge in [-0.1, -0.05) is 61.9 Å². The van der Waals surface area contributed by atoms with E-state index in [2.05, 4.69) is 16.7 Å². The number of carbonyl (C=O) groups excluding carboxylic acids is 1. The molecular formula is C25H28ClNO2. The summed E-state index contributed by atoms with van der Waals surface area (Å²) in [7, 11) is 2.01. The van der Waals surface area contributed by atoms with Gasteiger partial charge in [0.2, 0.25) is 0 Å². The predicted octanol–water partition coefficient (Wildman–Crippen LogP) is 6.95. The molecule has 0 unspecified atom stereocenters. The zero-order valence-corrected chi connectivity index (χ0v) is 17.8. The van der Waals surface area contributed by atoms with E-state index in [9.17, 15) is 4.79 Å². The van der Waals surface area contributed by atoms with Crippen LogP contribution < -0.4 is 4.74 Å². The summed E-state index contributed by atoms with van der Waals surface area (Å²) < 4.78 is 8.11. The van der Waals surface area contributed by atoms with Gasteiger partial charge in [-0.25, -0.2) is 0 Å². The number of carbonyl (C=O) groups is 1. The number of fused-ring (bicyclic) bond motifs is 1. The summed E-state index contributed by atoms with van der Waals surface area (Å²) in [5.74, 6) is 1.69. The Morgan fingerprint density at radius 2 is 1.79 bits per heavy atom. The monoisotopic (exact) mass is 409 g/mol. The van der Waals surface area contributed by atoms with Crippen LogP contribution in [-0.2, 0) is 13.7 Å². The molecule has 0 bridgehead atoms. The molecule has 152 valence electrons. The Bertz CT molecular complexity index is 984. The van der Waals surface area contributed by atoms with Gasteiger partial charge in [-0.3, -0.25) is 4.79 Å². The van der Waals surface area contributed by atoms with Crippen LogP contribution in [0.25, 0.3) is 10.9 Å². The van der Waals surface area contributed by atoms with E-state index in [1.807, 2.05) is 43.4 Å². The Hall–Kier alpha value is -2.26. The molecule has 1 fully saturated rings. The van der Waals surface area contributed by atoms with Gasteiger partial charge >= 0.3 is 0 Å². The number of nitrogens with zero attached hydrogens (tertiary/aromatic N) is 1. The number of para-hydroxylation sites is 1. The van der Waals surface area contributed by atoms with Gasteiger partial charge in [0.1, 0.15) is 12.4 Å². The summed E-state index contributed by atoms with van der Waals surface area (Å²) in [4.78, 5) is 13.3. The van der Waals surface area contributed by atoms with E-state index >= 15 is 0 Å². The molecule has 3 aromatic rings. The number of benzene rings is 2. The maximum absolute atomic E-state index is 13.3. The van der Waals surface area contributed by atoms with Crippen molar-refractivity contribution in [2.75, 3.05) is 0 Å². The van der Waals surface area contributed by atoms with Crippen LogP contribution in [0.3, 0.4) is 0 Å². The molecule has 1 heterocycles. The van der Waals surface area contributed by atoms with Crippen molar-refractivity contribution >= 4 is 28.3 Å². The number of ketones is 1. The van der Waals surface area contributed by atoms with E-state index in [1.54, 1.807) is 0 Å². The summed E-state index contributed by atoms with van der Waals surface area (Å²) in [6.45, 7) is 0.358. The standard InChI is InChI=1S/C25H28ClNO2/c1-27-22-10-6-5-9-21(22)25(24(28)16-11-18-7-3-2-4-8-18)23(27)17-29-20-14-12-19(26)13-15-20/h5-6,9-10,12-15,18H,2-4,7-8,11,16-17H2,1H3. The average Bonchev–Trinajstić information content (AvgIpc) is 3.04. The van der Waals surface area contributed by atoms with Crippen molar-refractivity contribution in [3.63, 3.8) is 0 Å². The van der Waals surface area contributed by atoms with E-state index in [0.717, 1.165) is 34.3 Å². The van der Waals surface area contributed by atoms with Gasteiger partial charge in [0.15, 0.2) is 5.78 Å². The summed E-state index contributed by atoms with van der Waals surface area (Å²) in [6.07, 6.45) is 8.14. The number of aryl methyl sites for hydroxylation is 1. The first-order valence-corrected chi connectivity index (χ1v) is 11.0. The second-order valence-electron chi connectivity index (χ2n) is 8.11. The Morgan fingerprint density at radius 1 is 1.07 bits per heavy atom. The first-order valence-electron chi connectivity index (χ1n) is 10.6. The molecule has 0 atom stereocenters. The largest absolute Gasteiger partial charge is 0.487 e. The molecule has 1 saturated carbocycles. The number of hydrogen-bond donors (Lipinski definition) is 0. The van der Waals surface area contributed by atoms with Crippen LogP contribution in [0.15, 0.2) is 48.5 Å². The molecule has 0 radical (unpaired) electrons. The Morgan fingerprint density at radius 3 is 2.55 bits per heavy atom. The lowest BCUT2D eigenvalue weighted by atomic mass is 9.85. The highest BCUT2D eigenvalue weighted by Crippen LogP contribution is 2.31. The Balaban J connectivity index is 1.57. The number of Topliss-reactive ketones (excluding diaryl/α,β-unsaturated/α-hetero) is 1. The lowest BCUT2D eigenvalue weighted by Crippen LogP contribution is -2.12. The lowest BCUT2D eigenvalue weighted by molar-refractivity contribution is 0.0969. The van der Waals surface area contributed by atoms with E-state index in [0.29, 0.717) is 24.0 Å². The Labute approximate surface area is 177 Å². The van der Waals surface area contributed by atoms with Crippen LogP contribution in [-0.4, -0.2) is 10.4 Å². The van der Waals surface area contributed by atoms with Gasteiger partial charge in [-0.05, 0) is 42.7 Å². The second kappa shape index (κ2) is 9.04. The van der Waals surface area contributed by atoms with Gasteiger partial charge in [0.05, 0.1) is 5.69 Å². The van der Waals surface area contributed by atoms with Crippen molar-refractivity contribution in [2.45, 2.75) is 51.6 Å². The number of aromatic nitrogens is 1. The van der Waals surface area contributed by atoms with E-state index in [4.69, 9.17) is 16.3 Å². The summed E-state index contributed by atoms with van der Waals surface area (Å²) >= 11 is 5.97. The molecule has 1 aliphatic rings. The van der Waals surface area contributed by atoms with Crippen LogP contribution in [0, 0.1) is 5.92 Å². The zero-order chi connectivity index (χ0) is 20.2. The van der Waals surface area contributed by atoms with Crippen molar-refractivity contribution in [2.24, 2.45) is 13.0 Å². The predicted molar refractivity (Wildman–Crippen MR) is 119 cm³/mol. The highest BCUT2D eigenvalue weighted by atomic mass is 35.5. The maximum Gasteiger partial charge on any atom is 0.165 e. The van der Waals surface area contributed by atoms with Crippen molar-refractivity contribution in [3.05, 3.63) is 64.8 Å². The van der Waals surface area contributed by atoms with E-state index in [-0.39, 0.29) is 5.78 Å². The minimum Gasteiger partial charge on any atom is -0.487 e. The fourth-order valence-electron chi connectivity index (χ4n) is 4.54. The van der Waals surface area contributed by atoms with Crippen LogP contribution in [0.5, 0.6) is 5.75 Å². The molecular weight excluding hydrogens is 382 g/mol. The quantitative estimate of drug-likeness (QED) is 0.395. The molecule has 29 heavy (non-hydrogen) atoms. The van der Waals surface area contributed by atoms with Crippen LogP contribution in [0.4, 0.5) is 0 Å². The lowest BCUT2D eigenvalue weighted by Gasteiger charge is -2.21. The second-order valence-corrected chi connectivity index (χ2v) is 8.54. The number of rotatable bonds is 7. The minimum absolute atomic E-state index is 0.238. The highest BCUT2D eigenvalue weighted by molar-refractivity contribution is 6.30. The van der Waals surface area contributed by atoms with Crippen LogP contribution in [0.2, 0.25) is 5.02 Å². The molecule has 2 aromatic carbocycles. The van der Waals surface area contributed by atoms with Crippen LogP contribution in [0.1, 0.15) is 61.0 Å². The highest BCUT2D eigenvalue weighted by Gasteiger charge is 2.23. The normalized spacial score (nSPS) is 15.0. The minimum atomic E-state index is 0.238. The molecule has 0 spiro atoms. The number of halogens is 1. The summed E-state index contributed by atoms with van der Waals surface area (Å²) in [5, 5.41) is 1.71. The number of hydrogen-bond acceptors (Lipinski definition) is 2. The molecule has 4 heteroatoms. The average molecular weight is 410 g/mol. The molecule has 0 aliphatic heterocycles. The first kappa shape index (κ1) is 20.0. The Kier molecular flexibility index (Phi) is 6.25. The smallest absolute Gasteiger partial charge is 0.165 e. The number of ether oxygens (including phenoxy) is 1. The maximum atomic E-state index is 13.3. The molecule has 0 saturated heterocycles. The van der Waals surface area contributed by atoms with Gasteiger partial charge in [-0.15, -0.1) is 0 Å². The fraction of sp³-hybridized carbons (Fsp3) is 0.400. The first-order chi connectivity index (χ1) is 14.1. The fourth-order valence-corrected chi connectivity index (χ4v) is 4.67. The van der Waals surface area contributed by atoms with Gasteiger partial charge in [-0.2, -0.15) is 0 Å². The van der Waals surface area contributed by atoms with E-state index in [1.165, 1.54) is 32.1 Å². The molecule has 3 nitrogen and oxygen atoms in total. The van der Waals surface area contributed by atoms with Crippen molar-refractivity contribution < 1.29 is 9.53 Å². The zero-order valence-electron chi connectivity index (χ0n) is 17.0. The summed E-state index contributed by atoms with van der Waals surface area (Å²) in [5.41, 5.74) is 2.84. The van der Waals surface area contributed by atoms with Crippen LogP contribution >= 0.6 is 11.6 Å².